The van der Waals surface area contributed by atoms with E-state index in [9.17, 15) is 22.0 Å². The van der Waals surface area contributed by atoms with Crippen LogP contribution < -0.4 is 15.4 Å². The number of hydrogen-bond acceptors (Lipinski definition) is 5. The van der Waals surface area contributed by atoms with Crippen LogP contribution in [0.5, 0.6) is 0 Å². The number of hydrogen-bond donors (Lipinski definition) is 3. The van der Waals surface area contributed by atoms with Gasteiger partial charge in [-0.15, -0.1) is 0 Å². The summed E-state index contributed by atoms with van der Waals surface area (Å²) < 4.78 is 57.2. The second-order valence-corrected chi connectivity index (χ2v) is 9.36. The van der Waals surface area contributed by atoms with E-state index in [2.05, 4.69) is 20.3 Å². The number of amides is 2. The van der Waals surface area contributed by atoms with Gasteiger partial charge in [0.2, 0.25) is 10.0 Å². The van der Waals surface area contributed by atoms with Crippen LogP contribution in [-0.4, -0.2) is 57.9 Å². The highest BCUT2D eigenvalue weighted by molar-refractivity contribution is 7.92. The first-order valence-corrected chi connectivity index (χ1v) is 11.9. The summed E-state index contributed by atoms with van der Waals surface area (Å²) in [5.74, 6) is -1.74. The molecule has 3 N–H and O–H groups in total. The van der Waals surface area contributed by atoms with E-state index in [1.165, 1.54) is 6.07 Å². The molecule has 1 fully saturated rings. The van der Waals surface area contributed by atoms with Crippen molar-refractivity contribution < 1.29 is 26.7 Å². The van der Waals surface area contributed by atoms with Crippen LogP contribution in [0.25, 0.3) is 0 Å². The molecule has 1 heterocycles. The number of sulfonamides is 1. The van der Waals surface area contributed by atoms with E-state index in [0.29, 0.717) is 37.5 Å². The highest BCUT2D eigenvalue weighted by Gasteiger charge is 2.21. The lowest BCUT2D eigenvalue weighted by Gasteiger charge is -2.33. The number of carbonyl (C=O) groups excluding carboxylic acids is 1. The monoisotopic (exact) mass is 468 g/mol. The van der Waals surface area contributed by atoms with Gasteiger partial charge in [0.1, 0.15) is 0 Å². The summed E-state index contributed by atoms with van der Waals surface area (Å²) >= 11 is 0. The molecule has 0 saturated carbocycles. The molecule has 0 radical (unpaired) electrons. The van der Waals surface area contributed by atoms with E-state index < -0.39 is 21.7 Å². The van der Waals surface area contributed by atoms with Crippen LogP contribution in [0.15, 0.2) is 42.5 Å². The van der Waals surface area contributed by atoms with Crippen LogP contribution >= 0.6 is 0 Å². The van der Waals surface area contributed by atoms with E-state index in [4.69, 9.17) is 4.74 Å². The highest BCUT2D eigenvalue weighted by atomic mass is 32.2. The largest absolute Gasteiger partial charge is 0.374 e. The maximum absolute atomic E-state index is 13.4. The number of ether oxygens (including phenoxy) is 1. The number of benzene rings is 2. The number of nitrogens with one attached hydrogen (secondary N) is 3. The van der Waals surface area contributed by atoms with Crippen molar-refractivity contribution in [2.45, 2.75) is 19.2 Å². The summed E-state index contributed by atoms with van der Waals surface area (Å²) in [5, 5.41) is 5.47. The first kappa shape index (κ1) is 23.9. The molecular weight excluding hydrogens is 442 g/mol. The Morgan fingerprint density at radius 2 is 1.94 bits per heavy atom. The Morgan fingerprint density at radius 1 is 1.12 bits per heavy atom. The average Bonchev–Trinajstić information content (AvgIpc) is 2.73. The maximum Gasteiger partial charge on any atom is 0.315 e. The number of urea groups is 1. The van der Waals surface area contributed by atoms with Crippen LogP contribution in [0.3, 0.4) is 0 Å². The lowest BCUT2D eigenvalue weighted by Crippen LogP contribution is -2.48. The first-order valence-electron chi connectivity index (χ1n) is 10.0. The van der Waals surface area contributed by atoms with Crippen LogP contribution in [0.1, 0.15) is 11.1 Å². The molecule has 1 aliphatic rings. The number of morpholine rings is 1. The van der Waals surface area contributed by atoms with Crippen LogP contribution in [0, 0.1) is 11.6 Å². The third-order valence-corrected chi connectivity index (χ3v) is 5.39. The molecule has 2 amide bonds. The molecule has 174 valence electrons. The number of nitrogens with zero attached hydrogens (tertiary/aromatic N) is 1. The Bertz CT molecular complexity index is 1050. The predicted molar refractivity (Wildman–Crippen MR) is 117 cm³/mol. The van der Waals surface area contributed by atoms with E-state index in [1.807, 2.05) is 0 Å². The fraction of sp³-hybridized carbons (Fsp3) is 0.381. The third kappa shape index (κ3) is 7.74. The van der Waals surface area contributed by atoms with Gasteiger partial charge in [0.25, 0.3) is 0 Å². The molecule has 11 heteroatoms. The zero-order valence-corrected chi connectivity index (χ0v) is 18.4. The van der Waals surface area contributed by atoms with Gasteiger partial charge < -0.3 is 15.4 Å². The molecule has 0 aliphatic carbocycles. The van der Waals surface area contributed by atoms with Gasteiger partial charge in [-0.3, -0.25) is 9.62 Å². The standard InChI is InChI=1S/C21H26F2N4O4S/c1-32(29,30)26-17-4-2-3-15(9-17)11-24-21(28)25-12-18-14-27(7-8-31-18)13-16-5-6-19(22)20(23)10-16/h2-6,9-10,18,26H,7-8,11-14H2,1H3,(H2,24,25,28)/t18-/m0/s1. The lowest BCUT2D eigenvalue weighted by atomic mass is 10.1. The fourth-order valence-corrected chi connectivity index (χ4v) is 3.91. The quantitative estimate of drug-likeness (QED) is 0.551. The summed E-state index contributed by atoms with van der Waals surface area (Å²) in [4.78, 5) is 14.2. The Hall–Kier alpha value is -2.76. The molecule has 2 aromatic rings. The summed E-state index contributed by atoms with van der Waals surface area (Å²) in [6.07, 6.45) is 0.833. The zero-order valence-electron chi connectivity index (χ0n) is 17.6. The van der Waals surface area contributed by atoms with Gasteiger partial charge >= 0.3 is 6.03 Å². The Morgan fingerprint density at radius 3 is 2.69 bits per heavy atom. The summed E-state index contributed by atoms with van der Waals surface area (Å²) in [6, 6.07) is 10.2. The van der Waals surface area contributed by atoms with Crippen molar-refractivity contribution in [2.24, 2.45) is 0 Å². The summed E-state index contributed by atoms with van der Waals surface area (Å²) in [5.41, 5.74) is 1.83. The molecule has 8 nitrogen and oxygen atoms in total. The van der Waals surface area contributed by atoms with E-state index in [-0.39, 0.29) is 25.2 Å². The summed E-state index contributed by atoms with van der Waals surface area (Å²) in [6.45, 7) is 2.63. The van der Waals surface area contributed by atoms with Gasteiger partial charge in [-0.05, 0) is 35.4 Å². The lowest BCUT2D eigenvalue weighted by molar-refractivity contribution is -0.0287. The van der Waals surface area contributed by atoms with E-state index >= 15 is 0 Å². The minimum absolute atomic E-state index is 0.221. The van der Waals surface area contributed by atoms with Crippen LogP contribution in [-0.2, 0) is 27.8 Å². The van der Waals surface area contributed by atoms with Crippen molar-refractivity contribution in [1.82, 2.24) is 15.5 Å². The molecule has 1 atom stereocenters. The molecule has 1 aliphatic heterocycles. The third-order valence-electron chi connectivity index (χ3n) is 4.79. The minimum atomic E-state index is -3.38. The zero-order chi connectivity index (χ0) is 23.1. The maximum atomic E-state index is 13.4. The molecule has 0 bridgehead atoms. The Labute approximate surface area is 186 Å². The van der Waals surface area contributed by atoms with Crippen molar-refractivity contribution in [3.05, 3.63) is 65.2 Å². The van der Waals surface area contributed by atoms with Gasteiger partial charge in [0.15, 0.2) is 11.6 Å². The second-order valence-electron chi connectivity index (χ2n) is 7.61. The highest BCUT2D eigenvalue weighted by Crippen LogP contribution is 2.14. The average molecular weight is 469 g/mol. The Kier molecular flexibility index (Phi) is 7.99. The second kappa shape index (κ2) is 10.7. The number of halogens is 2. The molecule has 0 spiro atoms. The Balaban J connectivity index is 1.42. The molecule has 2 aromatic carbocycles. The van der Waals surface area contributed by atoms with Gasteiger partial charge in [0.05, 0.1) is 19.0 Å². The van der Waals surface area contributed by atoms with Gasteiger partial charge in [-0.1, -0.05) is 18.2 Å². The molecule has 0 aromatic heterocycles. The van der Waals surface area contributed by atoms with Gasteiger partial charge in [-0.25, -0.2) is 22.0 Å². The molecular formula is C21H26F2N4O4S. The van der Waals surface area contributed by atoms with E-state index in [0.717, 1.165) is 17.9 Å². The number of carbonyl (C=O) groups is 1. The first-order chi connectivity index (χ1) is 15.2. The van der Waals surface area contributed by atoms with E-state index in [1.54, 1.807) is 30.3 Å². The van der Waals surface area contributed by atoms with Gasteiger partial charge in [0, 0.05) is 38.4 Å². The van der Waals surface area contributed by atoms with Crippen molar-refractivity contribution in [2.75, 3.05) is 37.2 Å². The molecule has 1 saturated heterocycles. The van der Waals surface area contributed by atoms with Crippen molar-refractivity contribution >= 4 is 21.7 Å². The molecule has 32 heavy (non-hydrogen) atoms. The predicted octanol–water partition coefficient (Wildman–Crippen LogP) is 2.04. The normalized spacial score (nSPS) is 17.0. The SMILES string of the molecule is CS(=O)(=O)Nc1cccc(CNC(=O)NC[C@H]2CN(Cc3ccc(F)c(F)c3)CCO2)c1. The number of anilines is 1. The van der Waals surface area contributed by atoms with Crippen molar-refractivity contribution in [1.29, 1.82) is 0 Å². The topological polar surface area (TPSA) is 99.8 Å². The molecule has 0 unspecified atom stereocenters. The van der Waals surface area contributed by atoms with Crippen LogP contribution in [0.4, 0.5) is 19.3 Å². The fourth-order valence-electron chi connectivity index (χ4n) is 3.35. The smallest absolute Gasteiger partial charge is 0.315 e. The summed E-state index contributed by atoms with van der Waals surface area (Å²) in [7, 11) is -3.38. The van der Waals surface area contributed by atoms with Gasteiger partial charge in [-0.2, -0.15) is 0 Å². The number of rotatable bonds is 8. The van der Waals surface area contributed by atoms with Crippen molar-refractivity contribution in [3.8, 4) is 0 Å². The van der Waals surface area contributed by atoms with Crippen LogP contribution in [0.2, 0.25) is 0 Å². The minimum Gasteiger partial charge on any atom is -0.374 e. The van der Waals surface area contributed by atoms with Crippen molar-refractivity contribution in [3.63, 3.8) is 0 Å². The molecule has 3 rings (SSSR count).